The number of hydrogen-bond acceptors (Lipinski definition) is 3. The van der Waals surface area contributed by atoms with Crippen molar-refractivity contribution in [2.45, 2.75) is 32.2 Å². The Labute approximate surface area is 122 Å². The monoisotopic (exact) mass is 286 g/mol. The fraction of sp³-hybridized carbons (Fsp3) is 0.400. The first-order chi connectivity index (χ1) is 10.2. The van der Waals surface area contributed by atoms with Crippen LogP contribution in [0.25, 0.3) is 0 Å². The Morgan fingerprint density at radius 3 is 2.90 bits per heavy atom. The second-order valence-corrected chi connectivity index (χ2v) is 5.42. The number of amides is 1. The van der Waals surface area contributed by atoms with Gasteiger partial charge in [0.2, 0.25) is 5.56 Å². The van der Waals surface area contributed by atoms with E-state index in [2.05, 4.69) is 15.2 Å². The van der Waals surface area contributed by atoms with Crippen molar-refractivity contribution >= 4 is 5.91 Å². The SMILES string of the molecule is Cc1cn[nH]c1C1CCCCN1C(=O)c1ccc(=O)[nH]c1. The molecule has 0 bridgehead atoms. The van der Waals surface area contributed by atoms with E-state index in [-0.39, 0.29) is 17.5 Å². The summed E-state index contributed by atoms with van der Waals surface area (Å²) in [7, 11) is 0. The molecule has 110 valence electrons. The summed E-state index contributed by atoms with van der Waals surface area (Å²) in [6, 6.07) is 2.99. The quantitative estimate of drug-likeness (QED) is 0.882. The number of rotatable bonds is 2. The lowest BCUT2D eigenvalue weighted by atomic mass is 9.96. The van der Waals surface area contributed by atoms with Crippen LogP contribution in [0, 0.1) is 6.92 Å². The van der Waals surface area contributed by atoms with E-state index in [9.17, 15) is 9.59 Å². The lowest BCUT2D eigenvalue weighted by molar-refractivity contribution is 0.0605. The van der Waals surface area contributed by atoms with Crippen LogP contribution in [-0.4, -0.2) is 32.5 Å². The van der Waals surface area contributed by atoms with Gasteiger partial charge in [-0.2, -0.15) is 5.10 Å². The fourth-order valence-corrected chi connectivity index (χ4v) is 2.88. The molecular formula is C15H18N4O2. The first kappa shape index (κ1) is 13.6. The van der Waals surface area contributed by atoms with Crippen molar-refractivity contribution in [2.24, 2.45) is 0 Å². The van der Waals surface area contributed by atoms with Crippen LogP contribution < -0.4 is 5.56 Å². The second-order valence-electron chi connectivity index (χ2n) is 5.42. The number of aromatic nitrogens is 3. The molecule has 21 heavy (non-hydrogen) atoms. The molecule has 0 aliphatic carbocycles. The highest BCUT2D eigenvalue weighted by Crippen LogP contribution is 2.32. The average Bonchev–Trinajstić information content (AvgIpc) is 2.93. The van der Waals surface area contributed by atoms with Gasteiger partial charge < -0.3 is 9.88 Å². The summed E-state index contributed by atoms with van der Waals surface area (Å²) < 4.78 is 0. The summed E-state index contributed by atoms with van der Waals surface area (Å²) >= 11 is 0. The van der Waals surface area contributed by atoms with Gasteiger partial charge in [-0.1, -0.05) is 0 Å². The molecule has 2 aromatic heterocycles. The number of carbonyl (C=O) groups excluding carboxylic acids is 1. The minimum atomic E-state index is -0.203. The maximum absolute atomic E-state index is 12.7. The number of H-pyrrole nitrogens is 2. The normalized spacial score (nSPS) is 18.7. The number of nitrogens with zero attached hydrogens (tertiary/aromatic N) is 2. The van der Waals surface area contributed by atoms with Gasteiger partial charge in [-0.05, 0) is 37.8 Å². The molecule has 0 radical (unpaired) electrons. The molecule has 2 N–H and O–H groups in total. The van der Waals surface area contributed by atoms with Gasteiger partial charge in [0.15, 0.2) is 0 Å². The number of pyridine rings is 1. The number of likely N-dealkylation sites (tertiary alicyclic amines) is 1. The van der Waals surface area contributed by atoms with Gasteiger partial charge in [-0.3, -0.25) is 14.7 Å². The molecule has 1 unspecified atom stereocenters. The Hall–Kier alpha value is -2.37. The number of carbonyl (C=O) groups is 1. The molecule has 1 saturated heterocycles. The van der Waals surface area contributed by atoms with Crippen molar-refractivity contribution in [1.82, 2.24) is 20.1 Å². The summed E-state index contributed by atoms with van der Waals surface area (Å²) in [5.41, 5.74) is 2.39. The van der Waals surface area contributed by atoms with E-state index in [4.69, 9.17) is 0 Å². The van der Waals surface area contributed by atoms with Crippen LogP contribution in [0.15, 0.2) is 29.3 Å². The summed E-state index contributed by atoms with van der Waals surface area (Å²) in [6.45, 7) is 2.72. The molecule has 1 fully saturated rings. The van der Waals surface area contributed by atoms with Crippen LogP contribution >= 0.6 is 0 Å². The van der Waals surface area contributed by atoms with E-state index in [1.54, 1.807) is 12.3 Å². The van der Waals surface area contributed by atoms with Crippen LogP contribution in [0.1, 0.15) is 46.9 Å². The first-order valence-corrected chi connectivity index (χ1v) is 7.16. The molecule has 0 spiro atoms. The summed E-state index contributed by atoms with van der Waals surface area (Å²) in [6.07, 6.45) is 6.29. The Morgan fingerprint density at radius 2 is 2.24 bits per heavy atom. The van der Waals surface area contributed by atoms with Crippen molar-refractivity contribution in [3.8, 4) is 0 Å². The molecule has 6 heteroatoms. The standard InChI is InChI=1S/C15H18N4O2/c1-10-8-17-18-14(10)12-4-2-3-7-19(12)15(21)11-5-6-13(20)16-9-11/h5-6,8-9,12H,2-4,7H2,1H3,(H,16,20)(H,17,18). The minimum Gasteiger partial charge on any atom is -0.330 e. The Morgan fingerprint density at radius 1 is 1.38 bits per heavy atom. The van der Waals surface area contributed by atoms with Crippen LogP contribution in [-0.2, 0) is 0 Å². The lowest BCUT2D eigenvalue weighted by Crippen LogP contribution is -2.39. The smallest absolute Gasteiger partial charge is 0.255 e. The van der Waals surface area contributed by atoms with Gasteiger partial charge in [0, 0.05) is 18.8 Å². The molecule has 2 aromatic rings. The Bertz CT molecular complexity index is 683. The maximum atomic E-state index is 12.7. The van der Waals surface area contributed by atoms with Gasteiger partial charge in [0.1, 0.15) is 0 Å². The number of aryl methyl sites for hydroxylation is 1. The molecule has 0 saturated carbocycles. The minimum absolute atomic E-state index is 0.0284. The summed E-state index contributed by atoms with van der Waals surface area (Å²) in [5, 5.41) is 7.08. The summed E-state index contributed by atoms with van der Waals surface area (Å²) in [4.78, 5) is 28.3. The number of nitrogens with one attached hydrogen (secondary N) is 2. The largest absolute Gasteiger partial charge is 0.330 e. The van der Waals surface area contributed by atoms with Crippen molar-refractivity contribution in [3.05, 3.63) is 51.7 Å². The molecular weight excluding hydrogens is 268 g/mol. The molecule has 0 aromatic carbocycles. The van der Waals surface area contributed by atoms with Crippen LogP contribution in [0.3, 0.4) is 0 Å². The number of aromatic amines is 2. The van der Waals surface area contributed by atoms with Gasteiger partial charge >= 0.3 is 0 Å². The van der Waals surface area contributed by atoms with E-state index in [0.29, 0.717) is 5.56 Å². The van der Waals surface area contributed by atoms with Crippen LogP contribution in [0.4, 0.5) is 0 Å². The summed E-state index contributed by atoms with van der Waals surface area (Å²) in [5.74, 6) is -0.0510. The first-order valence-electron chi connectivity index (χ1n) is 7.16. The molecule has 3 heterocycles. The third-order valence-electron chi connectivity index (χ3n) is 4.00. The van der Waals surface area contributed by atoms with Gasteiger partial charge in [0.05, 0.1) is 23.5 Å². The lowest BCUT2D eigenvalue weighted by Gasteiger charge is -2.35. The molecule has 1 atom stereocenters. The van der Waals surface area contributed by atoms with Crippen LogP contribution in [0.2, 0.25) is 0 Å². The number of piperidine rings is 1. The van der Waals surface area contributed by atoms with E-state index in [1.807, 2.05) is 11.8 Å². The molecule has 1 amide bonds. The Kier molecular flexibility index (Phi) is 3.60. The molecule has 1 aliphatic rings. The van der Waals surface area contributed by atoms with Crippen molar-refractivity contribution in [1.29, 1.82) is 0 Å². The van der Waals surface area contributed by atoms with Crippen molar-refractivity contribution in [2.75, 3.05) is 6.54 Å². The maximum Gasteiger partial charge on any atom is 0.255 e. The molecule has 6 nitrogen and oxygen atoms in total. The van der Waals surface area contributed by atoms with Gasteiger partial charge in [0.25, 0.3) is 5.91 Å². The molecule has 1 aliphatic heterocycles. The third kappa shape index (κ3) is 2.61. The highest BCUT2D eigenvalue weighted by molar-refractivity contribution is 5.94. The third-order valence-corrected chi connectivity index (χ3v) is 4.00. The highest BCUT2D eigenvalue weighted by atomic mass is 16.2. The van der Waals surface area contributed by atoms with Crippen molar-refractivity contribution < 1.29 is 4.79 Å². The average molecular weight is 286 g/mol. The Balaban J connectivity index is 1.91. The zero-order valence-corrected chi connectivity index (χ0v) is 11.9. The highest BCUT2D eigenvalue weighted by Gasteiger charge is 2.30. The predicted molar refractivity (Wildman–Crippen MR) is 78.0 cm³/mol. The topological polar surface area (TPSA) is 81.8 Å². The van der Waals surface area contributed by atoms with E-state index >= 15 is 0 Å². The second kappa shape index (κ2) is 5.55. The zero-order valence-electron chi connectivity index (χ0n) is 11.9. The van der Waals surface area contributed by atoms with Gasteiger partial charge in [-0.15, -0.1) is 0 Å². The zero-order chi connectivity index (χ0) is 14.8. The molecule has 3 rings (SSSR count). The number of hydrogen-bond donors (Lipinski definition) is 2. The van der Waals surface area contributed by atoms with Crippen molar-refractivity contribution in [3.63, 3.8) is 0 Å². The van der Waals surface area contributed by atoms with E-state index < -0.39 is 0 Å². The van der Waals surface area contributed by atoms with E-state index in [0.717, 1.165) is 37.1 Å². The fourth-order valence-electron chi connectivity index (χ4n) is 2.88. The predicted octanol–water partition coefficient (Wildman–Crippen LogP) is 1.77. The van der Waals surface area contributed by atoms with E-state index in [1.165, 1.54) is 12.3 Å². The van der Waals surface area contributed by atoms with Crippen LogP contribution in [0.5, 0.6) is 0 Å². The van der Waals surface area contributed by atoms with Gasteiger partial charge in [-0.25, -0.2) is 0 Å².